The van der Waals surface area contributed by atoms with Crippen LogP contribution in [0.3, 0.4) is 0 Å². The monoisotopic (exact) mass is 536 g/mol. The van der Waals surface area contributed by atoms with E-state index in [1.165, 1.54) is 12.1 Å². The molecule has 8 heteroatoms. The highest BCUT2D eigenvalue weighted by Gasteiger charge is 2.02. The Hall–Kier alpha value is -2.88. The number of nitrogens with one attached hydrogen (secondary N) is 2. The van der Waals surface area contributed by atoms with Crippen molar-refractivity contribution in [3.63, 3.8) is 0 Å². The Morgan fingerprint density at radius 3 is 2.42 bits per heavy atom. The molecule has 0 aliphatic heterocycles. The van der Waals surface area contributed by atoms with Crippen LogP contribution in [-0.4, -0.2) is 24.6 Å². The molecule has 31 heavy (non-hydrogen) atoms. The first-order chi connectivity index (χ1) is 14.7. The maximum Gasteiger partial charge on any atom is 0.219 e. The summed E-state index contributed by atoms with van der Waals surface area (Å²) in [7, 11) is 1.62. The Balaban J connectivity index is 0.00000341. The van der Waals surface area contributed by atoms with E-state index in [4.69, 9.17) is 9.47 Å². The molecule has 0 aliphatic rings. The second kappa shape index (κ2) is 12.7. The molecule has 0 aliphatic carbocycles. The van der Waals surface area contributed by atoms with Gasteiger partial charge in [0.2, 0.25) is 5.88 Å². The molecule has 0 unspecified atom stereocenters. The molecule has 2 aromatic carbocycles. The number of methoxy groups -OCH3 is 1. The van der Waals surface area contributed by atoms with Crippen molar-refractivity contribution in [1.82, 2.24) is 15.6 Å². The van der Waals surface area contributed by atoms with Crippen LogP contribution in [-0.2, 0) is 13.1 Å². The van der Waals surface area contributed by atoms with Gasteiger partial charge in [0, 0.05) is 25.4 Å². The van der Waals surface area contributed by atoms with E-state index in [0.29, 0.717) is 30.7 Å². The smallest absolute Gasteiger partial charge is 0.219 e. The van der Waals surface area contributed by atoms with Crippen molar-refractivity contribution in [2.24, 2.45) is 4.99 Å². The van der Waals surface area contributed by atoms with Gasteiger partial charge in [-0.25, -0.2) is 14.4 Å². The minimum absolute atomic E-state index is 0. The molecule has 1 aromatic heterocycles. The zero-order valence-corrected chi connectivity index (χ0v) is 19.8. The number of hydrogen-bond donors (Lipinski definition) is 2. The van der Waals surface area contributed by atoms with Crippen molar-refractivity contribution in [3.8, 4) is 17.4 Å². The number of guanidine groups is 1. The Kier molecular flexibility index (Phi) is 10.0. The van der Waals surface area contributed by atoms with Crippen molar-refractivity contribution in [2.75, 3.05) is 13.7 Å². The van der Waals surface area contributed by atoms with Crippen molar-refractivity contribution < 1.29 is 13.9 Å². The minimum Gasteiger partial charge on any atom is -0.497 e. The summed E-state index contributed by atoms with van der Waals surface area (Å²) in [5, 5.41) is 6.39. The average molecular weight is 536 g/mol. The molecule has 2 N–H and O–H groups in total. The number of aliphatic imine (C=N–C) groups is 1. The van der Waals surface area contributed by atoms with Gasteiger partial charge in [0.05, 0.1) is 13.7 Å². The SMILES string of the molecule is CCNC(=NCc1ccc(Oc2ccc(OC)cc2)nc1)NCc1cccc(F)c1.I. The highest BCUT2D eigenvalue weighted by atomic mass is 127. The summed E-state index contributed by atoms with van der Waals surface area (Å²) in [4.78, 5) is 8.90. The van der Waals surface area contributed by atoms with Crippen LogP contribution in [0.5, 0.6) is 17.4 Å². The Labute approximate surface area is 198 Å². The average Bonchev–Trinajstić information content (AvgIpc) is 2.77. The van der Waals surface area contributed by atoms with Crippen LogP contribution in [0.2, 0.25) is 0 Å². The predicted octanol–water partition coefficient (Wildman–Crippen LogP) is 4.89. The van der Waals surface area contributed by atoms with E-state index in [-0.39, 0.29) is 29.8 Å². The fourth-order valence-corrected chi connectivity index (χ4v) is 2.67. The Bertz CT molecular complexity index is 966. The molecular weight excluding hydrogens is 510 g/mol. The van der Waals surface area contributed by atoms with E-state index in [0.717, 1.165) is 23.4 Å². The van der Waals surface area contributed by atoms with Gasteiger partial charge in [-0.3, -0.25) is 0 Å². The molecular formula is C23H26FIN4O2. The zero-order chi connectivity index (χ0) is 21.2. The Morgan fingerprint density at radius 1 is 1.00 bits per heavy atom. The molecule has 164 valence electrons. The lowest BCUT2D eigenvalue weighted by atomic mass is 10.2. The van der Waals surface area contributed by atoms with Gasteiger partial charge in [0.25, 0.3) is 0 Å². The largest absolute Gasteiger partial charge is 0.497 e. The third-order valence-corrected chi connectivity index (χ3v) is 4.19. The fourth-order valence-electron chi connectivity index (χ4n) is 2.67. The summed E-state index contributed by atoms with van der Waals surface area (Å²) in [5.74, 6) is 2.36. The number of aromatic nitrogens is 1. The van der Waals surface area contributed by atoms with Crippen LogP contribution in [0.4, 0.5) is 4.39 Å². The van der Waals surface area contributed by atoms with Crippen molar-refractivity contribution in [3.05, 3.63) is 83.8 Å². The lowest BCUT2D eigenvalue weighted by Gasteiger charge is -2.11. The number of benzene rings is 2. The van der Waals surface area contributed by atoms with Gasteiger partial charge in [0.15, 0.2) is 5.96 Å². The van der Waals surface area contributed by atoms with E-state index in [1.807, 2.05) is 49.4 Å². The number of ether oxygens (including phenoxy) is 2. The summed E-state index contributed by atoms with van der Waals surface area (Å²) in [6.07, 6.45) is 1.73. The van der Waals surface area contributed by atoms with Gasteiger partial charge in [0.1, 0.15) is 17.3 Å². The molecule has 0 radical (unpaired) electrons. The van der Waals surface area contributed by atoms with Crippen LogP contribution < -0.4 is 20.1 Å². The van der Waals surface area contributed by atoms with Gasteiger partial charge < -0.3 is 20.1 Å². The number of nitrogens with zero attached hydrogens (tertiary/aromatic N) is 2. The molecule has 0 saturated heterocycles. The number of halogens is 2. The van der Waals surface area contributed by atoms with Gasteiger partial charge in [-0.05, 0) is 54.4 Å². The molecule has 0 spiro atoms. The number of hydrogen-bond acceptors (Lipinski definition) is 4. The van der Waals surface area contributed by atoms with Crippen molar-refractivity contribution in [2.45, 2.75) is 20.0 Å². The topological polar surface area (TPSA) is 67.8 Å². The molecule has 0 amide bonds. The lowest BCUT2D eigenvalue weighted by molar-refractivity contribution is 0.412. The Morgan fingerprint density at radius 2 is 1.77 bits per heavy atom. The molecule has 0 fully saturated rings. The summed E-state index contributed by atoms with van der Waals surface area (Å²) < 4.78 is 24.2. The normalized spacial score (nSPS) is 10.7. The summed E-state index contributed by atoms with van der Waals surface area (Å²) in [5.41, 5.74) is 1.79. The number of pyridine rings is 1. The second-order valence-electron chi connectivity index (χ2n) is 6.46. The zero-order valence-electron chi connectivity index (χ0n) is 17.5. The van der Waals surface area contributed by atoms with E-state index in [2.05, 4.69) is 20.6 Å². The standard InChI is InChI=1S/C23H25FN4O2.HI/c1-3-25-23(27-14-17-5-4-6-19(24)13-17)28-16-18-7-12-22(26-15-18)30-21-10-8-20(29-2)9-11-21;/h4-13,15H,3,14,16H2,1-2H3,(H2,25,27,28);1H. The maximum atomic E-state index is 13.3. The highest BCUT2D eigenvalue weighted by molar-refractivity contribution is 14.0. The first-order valence-electron chi connectivity index (χ1n) is 9.69. The first kappa shape index (κ1) is 24.4. The quantitative estimate of drug-likeness (QED) is 0.244. The molecule has 0 bridgehead atoms. The van der Waals surface area contributed by atoms with Crippen LogP contribution in [0, 0.1) is 5.82 Å². The molecule has 1 heterocycles. The van der Waals surface area contributed by atoms with E-state index >= 15 is 0 Å². The summed E-state index contributed by atoms with van der Waals surface area (Å²) in [6.45, 7) is 3.65. The van der Waals surface area contributed by atoms with Crippen LogP contribution in [0.15, 0.2) is 71.9 Å². The lowest BCUT2D eigenvalue weighted by Crippen LogP contribution is -2.36. The molecule has 0 saturated carbocycles. The molecule has 3 rings (SSSR count). The predicted molar refractivity (Wildman–Crippen MR) is 131 cm³/mol. The van der Waals surface area contributed by atoms with Crippen molar-refractivity contribution >= 4 is 29.9 Å². The van der Waals surface area contributed by atoms with E-state index < -0.39 is 0 Å². The van der Waals surface area contributed by atoms with Gasteiger partial charge in [-0.2, -0.15) is 0 Å². The minimum atomic E-state index is -0.251. The molecule has 0 atom stereocenters. The second-order valence-corrected chi connectivity index (χ2v) is 6.46. The molecule has 3 aromatic rings. The van der Waals surface area contributed by atoms with Gasteiger partial charge in [-0.1, -0.05) is 18.2 Å². The van der Waals surface area contributed by atoms with Crippen LogP contribution in [0.25, 0.3) is 0 Å². The third kappa shape index (κ3) is 8.05. The third-order valence-electron chi connectivity index (χ3n) is 4.19. The molecule has 6 nitrogen and oxygen atoms in total. The van der Waals surface area contributed by atoms with Crippen LogP contribution in [0.1, 0.15) is 18.1 Å². The summed E-state index contributed by atoms with van der Waals surface area (Å²) in [6, 6.07) is 17.5. The van der Waals surface area contributed by atoms with Gasteiger partial charge in [-0.15, -0.1) is 24.0 Å². The van der Waals surface area contributed by atoms with Crippen LogP contribution >= 0.6 is 24.0 Å². The van der Waals surface area contributed by atoms with E-state index in [1.54, 1.807) is 19.4 Å². The highest BCUT2D eigenvalue weighted by Crippen LogP contribution is 2.22. The fraction of sp³-hybridized carbons (Fsp3) is 0.217. The van der Waals surface area contributed by atoms with Gasteiger partial charge >= 0.3 is 0 Å². The number of rotatable bonds is 8. The maximum absolute atomic E-state index is 13.3. The summed E-state index contributed by atoms with van der Waals surface area (Å²) >= 11 is 0. The first-order valence-corrected chi connectivity index (χ1v) is 9.69. The van der Waals surface area contributed by atoms with E-state index in [9.17, 15) is 4.39 Å². The van der Waals surface area contributed by atoms with Crippen molar-refractivity contribution in [1.29, 1.82) is 0 Å².